The zero-order chi connectivity index (χ0) is 12.0. The summed E-state index contributed by atoms with van der Waals surface area (Å²) in [4.78, 5) is 6.72. The molecule has 0 aliphatic carbocycles. The Morgan fingerprint density at radius 1 is 1.29 bits per heavy atom. The summed E-state index contributed by atoms with van der Waals surface area (Å²) >= 11 is 0. The van der Waals surface area contributed by atoms with E-state index < -0.39 is 0 Å². The third kappa shape index (κ3) is 1.73. The quantitative estimate of drug-likeness (QED) is 0.766. The largest absolute Gasteiger partial charge is 0.423 e. The topological polar surface area (TPSA) is 55.3 Å². The van der Waals surface area contributed by atoms with Gasteiger partial charge >= 0.3 is 0 Å². The monoisotopic (exact) mass is 231 g/mol. The molecule has 2 N–H and O–H groups in total. The molecule has 1 aromatic carbocycles. The molecule has 0 radical (unpaired) electrons. The van der Waals surface area contributed by atoms with Crippen molar-refractivity contribution in [3.63, 3.8) is 0 Å². The second kappa shape index (κ2) is 3.65. The third-order valence-corrected chi connectivity index (χ3v) is 3.66. The van der Waals surface area contributed by atoms with Gasteiger partial charge in [0.1, 0.15) is 5.52 Å². The number of anilines is 2. The molecule has 17 heavy (non-hydrogen) atoms. The fourth-order valence-corrected chi connectivity index (χ4v) is 2.35. The maximum Gasteiger partial charge on any atom is 0.298 e. The number of nitrogen functional groups attached to an aromatic ring is 1. The molecule has 3 rings (SSSR count). The highest BCUT2D eigenvalue weighted by Crippen LogP contribution is 2.30. The van der Waals surface area contributed by atoms with Gasteiger partial charge in [-0.25, -0.2) is 0 Å². The summed E-state index contributed by atoms with van der Waals surface area (Å²) in [6.45, 7) is 6.57. The van der Waals surface area contributed by atoms with Gasteiger partial charge in [-0.05, 0) is 30.0 Å². The molecule has 0 spiro atoms. The number of nitrogens with zero attached hydrogens (tertiary/aromatic N) is 2. The van der Waals surface area contributed by atoms with Crippen LogP contribution in [0.5, 0.6) is 0 Å². The van der Waals surface area contributed by atoms with Gasteiger partial charge < -0.3 is 15.1 Å². The van der Waals surface area contributed by atoms with Gasteiger partial charge in [0.2, 0.25) is 0 Å². The van der Waals surface area contributed by atoms with Gasteiger partial charge in [0.05, 0.1) is 0 Å². The summed E-state index contributed by atoms with van der Waals surface area (Å²) in [6.07, 6.45) is 0. The van der Waals surface area contributed by atoms with Crippen LogP contribution in [-0.2, 0) is 0 Å². The zero-order valence-electron chi connectivity index (χ0n) is 10.2. The van der Waals surface area contributed by atoms with E-state index in [1.807, 2.05) is 18.2 Å². The molecule has 1 aliphatic rings. The zero-order valence-corrected chi connectivity index (χ0v) is 10.2. The highest BCUT2D eigenvalue weighted by Gasteiger charge is 2.28. The van der Waals surface area contributed by atoms with Crippen LogP contribution in [0.1, 0.15) is 13.8 Å². The van der Waals surface area contributed by atoms with E-state index in [0.29, 0.717) is 11.8 Å². The molecular formula is C13H17N3O. The number of benzene rings is 1. The maximum atomic E-state index is 5.76. The Bertz CT molecular complexity index is 539. The standard InChI is InChI=1S/C13H17N3O/c1-8-6-16(7-9(8)2)13-15-11-5-10(14)3-4-12(11)17-13/h3-5,8-9H,6-7,14H2,1-2H3. The average Bonchev–Trinajstić information content (AvgIpc) is 2.83. The van der Waals surface area contributed by atoms with E-state index in [4.69, 9.17) is 10.2 Å². The number of hydrogen-bond acceptors (Lipinski definition) is 4. The molecule has 0 saturated carbocycles. The van der Waals surface area contributed by atoms with Crippen LogP contribution in [0.2, 0.25) is 0 Å². The second-order valence-corrected chi connectivity index (χ2v) is 5.08. The summed E-state index contributed by atoms with van der Waals surface area (Å²) in [7, 11) is 0. The minimum Gasteiger partial charge on any atom is -0.423 e. The minimum absolute atomic E-state index is 0.690. The molecular weight excluding hydrogens is 214 g/mol. The van der Waals surface area contributed by atoms with Crippen LogP contribution in [0.25, 0.3) is 11.1 Å². The third-order valence-electron chi connectivity index (χ3n) is 3.66. The molecule has 0 amide bonds. The first-order valence-electron chi connectivity index (χ1n) is 6.04. The molecule has 0 bridgehead atoms. The van der Waals surface area contributed by atoms with Crippen molar-refractivity contribution in [1.82, 2.24) is 4.98 Å². The Morgan fingerprint density at radius 2 is 2.00 bits per heavy atom. The predicted molar refractivity (Wildman–Crippen MR) is 69.0 cm³/mol. The Kier molecular flexibility index (Phi) is 2.24. The van der Waals surface area contributed by atoms with Crippen molar-refractivity contribution in [1.29, 1.82) is 0 Å². The smallest absolute Gasteiger partial charge is 0.298 e. The highest BCUT2D eigenvalue weighted by molar-refractivity contribution is 5.78. The Labute approximate surface area is 100 Å². The minimum atomic E-state index is 0.690. The molecule has 4 heteroatoms. The highest BCUT2D eigenvalue weighted by atomic mass is 16.4. The van der Waals surface area contributed by atoms with Crippen LogP contribution in [0.4, 0.5) is 11.7 Å². The van der Waals surface area contributed by atoms with Gasteiger partial charge in [-0.1, -0.05) is 13.8 Å². The van der Waals surface area contributed by atoms with Gasteiger partial charge in [-0.15, -0.1) is 0 Å². The molecule has 2 unspecified atom stereocenters. The lowest BCUT2D eigenvalue weighted by Crippen LogP contribution is -2.19. The van der Waals surface area contributed by atoms with Crippen LogP contribution in [0.15, 0.2) is 22.6 Å². The first-order chi connectivity index (χ1) is 8.13. The lowest BCUT2D eigenvalue weighted by atomic mass is 10.0. The van der Waals surface area contributed by atoms with E-state index >= 15 is 0 Å². The molecule has 4 nitrogen and oxygen atoms in total. The van der Waals surface area contributed by atoms with Gasteiger partial charge in [0.15, 0.2) is 5.58 Å². The first kappa shape index (κ1) is 10.4. The fraction of sp³-hybridized carbons (Fsp3) is 0.462. The van der Waals surface area contributed by atoms with Crippen molar-refractivity contribution in [2.75, 3.05) is 23.7 Å². The maximum absolute atomic E-state index is 5.76. The van der Waals surface area contributed by atoms with E-state index in [2.05, 4.69) is 23.7 Å². The van der Waals surface area contributed by atoms with Crippen molar-refractivity contribution in [2.24, 2.45) is 11.8 Å². The molecule has 1 aliphatic heterocycles. The van der Waals surface area contributed by atoms with Crippen molar-refractivity contribution in [2.45, 2.75) is 13.8 Å². The van der Waals surface area contributed by atoms with E-state index in [-0.39, 0.29) is 0 Å². The van der Waals surface area contributed by atoms with Crippen LogP contribution >= 0.6 is 0 Å². The van der Waals surface area contributed by atoms with E-state index in [1.165, 1.54) is 0 Å². The normalized spacial score (nSPS) is 24.7. The van der Waals surface area contributed by atoms with Gasteiger partial charge in [-0.2, -0.15) is 4.98 Å². The number of fused-ring (bicyclic) bond motifs is 1. The average molecular weight is 231 g/mol. The van der Waals surface area contributed by atoms with E-state index in [0.717, 1.165) is 35.9 Å². The number of rotatable bonds is 1. The number of hydrogen-bond donors (Lipinski definition) is 1. The lowest BCUT2D eigenvalue weighted by Gasteiger charge is -2.11. The number of aromatic nitrogens is 1. The summed E-state index contributed by atoms with van der Waals surface area (Å²) in [5.74, 6) is 1.38. The molecule has 2 atom stereocenters. The number of oxazole rings is 1. The van der Waals surface area contributed by atoms with E-state index in [9.17, 15) is 0 Å². The Morgan fingerprint density at radius 3 is 2.71 bits per heavy atom. The number of nitrogens with two attached hydrogens (primary N) is 1. The van der Waals surface area contributed by atoms with Gasteiger partial charge in [-0.3, -0.25) is 0 Å². The first-order valence-corrected chi connectivity index (χ1v) is 6.04. The molecule has 1 fully saturated rings. The Balaban J connectivity index is 1.96. The Hall–Kier alpha value is -1.71. The predicted octanol–water partition coefficient (Wildman–Crippen LogP) is 2.50. The van der Waals surface area contributed by atoms with Crippen LogP contribution < -0.4 is 10.6 Å². The summed E-state index contributed by atoms with van der Waals surface area (Å²) in [6, 6.07) is 6.30. The molecule has 90 valence electrons. The van der Waals surface area contributed by atoms with Crippen molar-refractivity contribution in [3.05, 3.63) is 18.2 Å². The van der Waals surface area contributed by atoms with Crippen LogP contribution in [-0.4, -0.2) is 18.1 Å². The summed E-state index contributed by atoms with van der Waals surface area (Å²) in [5.41, 5.74) is 8.10. The molecule has 1 saturated heterocycles. The summed E-state index contributed by atoms with van der Waals surface area (Å²) < 4.78 is 5.76. The van der Waals surface area contributed by atoms with Gasteiger partial charge in [0.25, 0.3) is 6.01 Å². The molecule has 2 heterocycles. The van der Waals surface area contributed by atoms with Crippen molar-refractivity contribution >= 4 is 22.8 Å². The summed E-state index contributed by atoms with van der Waals surface area (Å²) in [5, 5.41) is 0. The van der Waals surface area contributed by atoms with Gasteiger partial charge in [0, 0.05) is 18.8 Å². The molecule has 2 aromatic rings. The van der Waals surface area contributed by atoms with Crippen molar-refractivity contribution in [3.8, 4) is 0 Å². The SMILES string of the molecule is CC1CN(c2nc3cc(N)ccc3o2)CC1C. The van der Waals surface area contributed by atoms with Crippen LogP contribution in [0.3, 0.4) is 0 Å². The van der Waals surface area contributed by atoms with Crippen LogP contribution in [0, 0.1) is 11.8 Å². The fourth-order valence-electron chi connectivity index (χ4n) is 2.35. The molecule has 1 aromatic heterocycles. The van der Waals surface area contributed by atoms with E-state index in [1.54, 1.807) is 0 Å². The van der Waals surface area contributed by atoms with Crippen molar-refractivity contribution < 1.29 is 4.42 Å². The second-order valence-electron chi connectivity index (χ2n) is 5.08. The lowest BCUT2D eigenvalue weighted by molar-refractivity contribution is 0.494.